The van der Waals surface area contributed by atoms with Crippen molar-refractivity contribution in [1.29, 1.82) is 0 Å². The molecule has 7 heteroatoms. The number of piperazine rings is 1. The molecular formula is C20H26Cl2N3OS+. The Morgan fingerprint density at radius 2 is 1.93 bits per heavy atom. The van der Waals surface area contributed by atoms with Gasteiger partial charge in [0, 0.05) is 45.9 Å². The molecule has 0 radical (unpaired) electrons. The molecule has 2 aromatic heterocycles. The molecule has 4 nitrogen and oxygen atoms in total. The van der Waals surface area contributed by atoms with Crippen LogP contribution in [0.25, 0.3) is 22.0 Å². The van der Waals surface area contributed by atoms with Gasteiger partial charge in [0.2, 0.25) is 0 Å². The van der Waals surface area contributed by atoms with Crippen LogP contribution in [0, 0.1) is 0 Å². The average Bonchev–Trinajstić information content (AvgIpc) is 3.16. The normalized spacial score (nSPS) is 15.8. The van der Waals surface area contributed by atoms with Gasteiger partial charge in [-0.1, -0.05) is 18.2 Å². The number of pyridine rings is 1. The Morgan fingerprint density at radius 1 is 1.19 bits per heavy atom. The van der Waals surface area contributed by atoms with Crippen LogP contribution in [-0.2, 0) is 6.61 Å². The lowest BCUT2D eigenvalue weighted by molar-refractivity contribution is 0.254. The number of likely N-dealkylation sites (N-methyl/N-ethyl adjacent to an activating group) is 1. The van der Waals surface area contributed by atoms with Crippen LogP contribution in [0.4, 0.5) is 5.69 Å². The lowest BCUT2D eigenvalue weighted by Crippen LogP contribution is -2.60. The minimum absolute atomic E-state index is 0. The summed E-state index contributed by atoms with van der Waals surface area (Å²) in [5, 5.41) is 17.6. The third-order valence-corrected chi connectivity index (χ3v) is 6.29. The number of hydrogen-bond acceptors (Lipinski definition) is 4. The van der Waals surface area contributed by atoms with Gasteiger partial charge < -0.3 is 10.4 Å². The highest BCUT2D eigenvalue weighted by atomic mass is 35.5. The van der Waals surface area contributed by atoms with Gasteiger partial charge in [-0.05, 0) is 19.1 Å². The van der Waals surface area contributed by atoms with E-state index in [1.165, 1.54) is 16.5 Å². The summed E-state index contributed by atoms with van der Waals surface area (Å²) in [5.41, 5.74) is 3.53. The van der Waals surface area contributed by atoms with Crippen LogP contribution in [0.1, 0.15) is 11.8 Å². The van der Waals surface area contributed by atoms with E-state index in [0.29, 0.717) is 0 Å². The fraction of sp³-hybridized carbons (Fsp3) is 0.350. The van der Waals surface area contributed by atoms with Crippen LogP contribution in [0.2, 0.25) is 0 Å². The van der Waals surface area contributed by atoms with Gasteiger partial charge in [-0.25, -0.2) is 4.98 Å². The Hall–Kier alpha value is -1.21. The van der Waals surface area contributed by atoms with Crippen molar-refractivity contribution < 1.29 is 5.11 Å². The SMILES string of the molecule is CC[N+]1(c2c(-c3csc(CO)c3)ncc3ccccc23)CCNCC1.Cl.Cl. The Balaban J connectivity index is 0.00000131. The number of quaternary nitrogens is 1. The summed E-state index contributed by atoms with van der Waals surface area (Å²) < 4.78 is 0.959. The van der Waals surface area contributed by atoms with Crippen LogP contribution in [0.15, 0.2) is 41.9 Å². The molecule has 146 valence electrons. The van der Waals surface area contributed by atoms with Gasteiger partial charge in [-0.15, -0.1) is 36.2 Å². The molecule has 0 spiro atoms. The molecule has 0 atom stereocenters. The number of aliphatic hydroxyl groups excluding tert-OH is 1. The van der Waals surface area contributed by atoms with Crippen molar-refractivity contribution in [1.82, 2.24) is 14.8 Å². The minimum atomic E-state index is 0. The first-order valence-corrected chi connectivity index (χ1v) is 9.79. The third-order valence-electron chi connectivity index (χ3n) is 5.37. The molecule has 1 aliphatic heterocycles. The van der Waals surface area contributed by atoms with Gasteiger partial charge in [0.25, 0.3) is 0 Å². The first kappa shape index (κ1) is 22.1. The number of nitrogens with one attached hydrogen (secondary N) is 1. The number of hydrogen-bond donors (Lipinski definition) is 2. The van der Waals surface area contributed by atoms with Crippen molar-refractivity contribution in [3.63, 3.8) is 0 Å². The molecule has 0 bridgehead atoms. The highest BCUT2D eigenvalue weighted by Gasteiger charge is 2.36. The zero-order valence-electron chi connectivity index (χ0n) is 15.4. The first-order valence-electron chi connectivity index (χ1n) is 8.91. The van der Waals surface area contributed by atoms with Crippen LogP contribution in [-0.4, -0.2) is 42.8 Å². The molecular weight excluding hydrogens is 401 g/mol. The summed E-state index contributed by atoms with van der Waals surface area (Å²) in [4.78, 5) is 5.87. The van der Waals surface area contributed by atoms with E-state index in [2.05, 4.69) is 48.0 Å². The molecule has 1 aliphatic rings. The average molecular weight is 427 g/mol. The van der Waals surface area contributed by atoms with Crippen molar-refractivity contribution in [2.24, 2.45) is 0 Å². The van der Waals surface area contributed by atoms with Gasteiger partial charge in [0.15, 0.2) is 5.69 Å². The molecule has 1 fully saturated rings. The molecule has 1 saturated heterocycles. The maximum Gasteiger partial charge on any atom is 0.167 e. The molecule has 0 saturated carbocycles. The number of aromatic nitrogens is 1. The standard InChI is InChI=1S/C20H24N3OS.2ClH/c1-2-23(9-7-21-8-10-23)20-18-6-4-3-5-15(18)12-22-19(20)16-11-17(13-24)25-14-16;;/h3-6,11-12,14,21,24H,2,7-10,13H2,1H3;2*1H/q+1;;. The fourth-order valence-electron chi connectivity index (χ4n) is 3.95. The summed E-state index contributed by atoms with van der Waals surface area (Å²) in [6, 6.07) is 10.7. The number of aliphatic hydroxyl groups is 1. The van der Waals surface area contributed by atoms with Crippen molar-refractivity contribution >= 4 is 52.6 Å². The fourth-order valence-corrected chi connectivity index (χ4v) is 4.68. The van der Waals surface area contributed by atoms with Crippen molar-refractivity contribution in [3.8, 4) is 11.3 Å². The number of halogens is 2. The van der Waals surface area contributed by atoms with E-state index in [-0.39, 0.29) is 31.4 Å². The van der Waals surface area contributed by atoms with Gasteiger partial charge in [-0.3, -0.25) is 4.48 Å². The molecule has 0 amide bonds. The third kappa shape index (κ3) is 3.99. The number of rotatable bonds is 4. The second-order valence-electron chi connectivity index (χ2n) is 6.66. The number of fused-ring (bicyclic) bond motifs is 1. The summed E-state index contributed by atoms with van der Waals surface area (Å²) >= 11 is 1.60. The van der Waals surface area contributed by atoms with E-state index in [1.807, 2.05) is 6.20 Å². The minimum Gasteiger partial charge on any atom is -0.391 e. The topological polar surface area (TPSA) is 45.2 Å². The zero-order valence-corrected chi connectivity index (χ0v) is 17.8. The van der Waals surface area contributed by atoms with Gasteiger partial charge in [0.05, 0.1) is 26.2 Å². The second kappa shape index (κ2) is 9.32. The maximum absolute atomic E-state index is 9.46. The Bertz CT molecular complexity index is 894. The molecule has 1 aromatic carbocycles. The van der Waals surface area contributed by atoms with Gasteiger partial charge in [0.1, 0.15) is 5.69 Å². The predicted molar refractivity (Wildman–Crippen MR) is 120 cm³/mol. The number of thiophene rings is 1. The quantitative estimate of drug-likeness (QED) is 0.613. The Morgan fingerprint density at radius 3 is 2.59 bits per heavy atom. The first-order chi connectivity index (χ1) is 12.3. The zero-order chi connectivity index (χ0) is 17.3. The molecule has 4 rings (SSSR count). The molecule has 27 heavy (non-hydrogen) atoms. The summed E-state index contributed by atoms with van der Waals surface area (Å²) in [5.74, 6) is 0. The van der Waals surface area contributed by atoms with Crippen molar-refractivity contribution in [2.45, 2.75) is 13.5 Å². The van der Waals surface area contributed by atoms with E-state index in [9.17, 15) is 5.11 Å². The van der Waals surface area contributed by atoms with E-state index in [4.69, 9.17) is 4.98 Å². The second-order valence-corrected chi connectivity index (χ2v) is 7.66. The van der Waals surface area contributed by atoms with Crippen molar-refractivity contribution in [3.05, 3.63) is 46.8 Å². The number of nitrogens with zero attached hydrogens (tertiary/aromatic N) is 2. The summed E-state index contributed by atoms with van der Waals surface area (Å²) in [6.45, 7) is 7.65. The lowest BCUT2D eigenvalue weighted by atomic mass is 10.0. The van der Waals surface area contributed by atoms with Crippen LogP contribution >= 0.6 is 36.2 Å². The van der Waals surface area contributed by atoms with Gasteiger partial charge in [-0.2, -0.15) is 0 Å². The largest absolute Gasteiger partial charge is 0.391 e. The van der Waals surface area contributed by atoms with E-state index in [0.717, 1.165) is 53.3 Å². The molecule has 0 aliphatic carbocycles. The number of benzene rings is 1. The smallest absolute Gasteiger partial charge is 0.167 e. The molecule has 2 N–H and O–H groups in total. The highest BCUT2D eigenvalue weighted by Crippen LogP contribution is 2.41. The van der Waals surface area contributed by atoms with Crippen LogP contribution in [0.3, 0.4) is 0 Å². The van der Waals surface area contributed by atoms with Crippen LogP contribution < -0.4 is 9.80 Å². The maximum atomic E-state index is 9.46. The highest BCUT2D eigenvalue weighted by molar-refractivity contribution is 7.10. The Labute approximate surface area is 176 Å². The summed E-state index contributed by atoms with van der Waals surface area (Å²) in [7, 11) is 0. The molecule has 0 unspecified atom stereocenters. The molecule has 3 aromatic rings. The summed E-state index contributed by atoms with van der Waals surface area (Å²) in [6.07, 6.45) is 1.98. The monoisotopic (exact) mass is 426 g/mol. The molecule has 3 heterocycles. The predicted octanol–water partition coefficient (Wildman–Crippen LogP) is 4.23. The van der Waals surface area contributed by atoms with E-state index in [1.54, 1.807) is 11.3 Å². The van der Waals surface area contributed by atoms with Gasteiger partial charge >= 0.3 is 0 Å². The Kier molecular flexibility index (Phi) is 7.63. The van der Waals surface area contributed by atoms with Crippen molar-refractivity contribution in [2.75, 3.05) is 32.7 Å². The van der Waals surface area contributed by atoms with E-state index >= 15 is 0 Å². The lowest BCUT2D eigenvalue weighted by Gasteiger charge is -2.41. The van der Waals surface area contributed by atoms with E-state index < -0.39 is 0 Å². The van der Waals surface area contributed by atoms with Crippen LogP contribution in [0.5, 0.6) is 0 Å².